The first kappa shape index (κ1) is 39.1. The molecule has 0 bridgehead atoms. The number of benzene rings is 1. The minimum atomic E-state index is -2.24. The standard InChI is InChI=1S/C37H48O12/c1-19(2)34(42)48-29-22(5)30(49-35(43)26-14-12-11-13-15-26)31(46-24(7)39)33(47-25(8)40)36(9,10)17-16-20(3)32(41)37(44)18-21(4)28(27(29)37)45-23(6)38/h11-17,19-21,27-31,33,44H,5,18H2,1-4,6-10H3/t20-,21-,27+,28-,29-,30-,31?,33+,37+/m0/s1. The first-order valence-corrected chi connectivity index (χ1v) is 16.3. The molecule has 0 radical (unpaired) electrons. The second kappa shape index (κ2) is 15.5. The van der Waals surface area contributed by atoms with Gasteiger partial charge in [0.2, 0.25) is 0 Å². The van der Waals surface area contributed by atoms with Gasteiger partial charge in [-0.1, -0.05) is 78.5 Å². The summed E-state index contributed by atoms with van der Waals surface area (Å²) in [6, 6.07) is 7.88. The Morgan fingerprint density at radius 3 is 1.92 bits per heavy atom. The number of carbonyl (C=O) groups excluding carboxylic acids is 6. The minimum absolute atomic E-state index is 0.106. The van der Waals surface area contributed by atoms with Gasteiger partial charge < -0.3 is 28.8 Å². The molecule has 2 aliphatic carbocycles. The fraction of sp³-hybridized carbons (Fsp3) is 0.568. The molecule has 0 heterocycles. The van der Waals surface area contributed by atoms with Crippen molar-refractivity contribution in [1.29, 1.82) is 0 Å². The van der Waals surface area contributed by atoms with Gasteiger partial charge in [0.05, 0.1) is 17.4 Å². The fourth-order valence-corrected chi connectivity index (χ4v) is 6.62. The summed E-state index contributed by atoms with van der Waals surface area (Å²) in [5.41, 5.74) is -3.54. The Morgan fingerprint density at radius 1 is 0.837 bits per heavy atom. The molecule has 0 aliphatic heterocycles. The lowest BCUT2D eigenvalue weighted by Gasteiger charge is -2.44. The van der Waals surface area contributed by atoms with E-state index in [1.165, 1.54) is 25.1 Å². The molecule has 1 N–H and O–H groups in total. The average Bonchev–Trinajstić information content (AvgIpc) is 3.26. The van der Waals surface area contributed by atoms with Crippen molar-refractivity contribution in [1.82, 2.24) is 0 Å². The first-order valence-electron chi connectivity index (χ1n) is 16.3. The number of ether oxygens (including phenoxy) is 5. The Kier molecular flexibility index (Phi) is 12.4. The van der Waals surface area contributed by atoms with E-state index >= 15 is 0 Å². The number of esters is 5. The topological polar surface area (TPSA) is 169 Å². The SMILES string of the molecule is C=C1[C@H](OC(=O)c2ccccc2)C(OC(C)=O)[C@@H](OC(C)=O)C(C)(C)C=C[C@H](C)C(=O)[C@@]2(O)C[C@H](C)[C@H](OC(C)=O)[C@@H]2[C@H]1OC(=O)C(C)C. The Hall–Kier alpha value is -4.32. The number of allylic oxidation sites excluding steroid dienone is 1. The van der Waals surface area contributed by atoms with E-state index in [0.717, 1.165) is 13.8 Å². The lowest BCUT2D eigenvalue weighted by atomic mass is 9.72. The van der Waals surface area contributed by atoms with Crippen molar-refractivity contribution in [3.8, 4) is 0 Å². The second-order valence-electron chi connectivity index (χ2n) is 13.9. The van der Waals surface area contributed by atoms with Crippen LogP contribution in [0.15, 0.2) is 54.6 Å². The van der Waals surface area contributed by atoms with Gasteiger partial charge in [0.25, 0.3) is 0 Å². The zero-order chi connectivity index (χ0) is 37.0. The zero-order valence-corrected chi connectivity index (χ0v) is 29.6. The number of fused-ring (bicyclic) bond motifs is 1. The number of rotatable bonds is 7. The van der Waals surface area contributed by atoms with Crippen LogP contribution in [0.4, 0.5) is 0 Å². The molecular weight excluding hydrogens is 636 g/mol. The van der Waals surface area contributed by atoms with Gasteiger partial charge in [-0.15, -0.1) is 0 Å². The number of ketones is 1. The van der Waals surface area contributed by atoms with Gasteiger partial charge >= 0.3 is 29.8 Å². The van der Waals surface area contributed by atoms with Crippen molar-refractivity contribution in [3.63, 3.8) is 0 Å². The third-order valence-corrected chi connectivity index (χ3v) is 9.00. The smallest absolute Gasteiger partial charge is 0.338 e. The molecule has 0 spiro atoms. The Morgan fingerprint density at radius 2 is 1.39 bits per heavy atom. The molecule has 1 aromatic rings. The molecule has 1 aromatic carbocycles. The highest BCUT2D eigenvalue weighted by atomic mass is 16.6. The predicted molar refractivity (Wildman–Crippen MR) is 175 cm³/mol. The van der Waals surface area contributed by atoms with E-state index in [-0.39, 0.29) is 17.6 Å². The van der Waals surface area contributed by atoms with Gasteiger partial charge in [-0.3, -0.25) is 24.0 Å². The highest BCUT2D eigenvalue weighted by Crippen LogP contribution is 2.49. The van der Waals surface area contributed by atoms with Gasteiger partial charge in [0.15, 0.2) is 24.1 Å². The van der Waals surface area contributed by atoms with Crippen LogP contribution in [-0.4, -0.2) is 76.9 Å². The van der Waals surface area contributed by atoms with Gasteiger partial charge in [-0.2, -0.15) is 0 Å². The maximum absolute atomic E-state index is 14.3. The number of hydrogen-bond acceptors (Lipinski definition) is 12. The zero-order valence-electron chi connectivity index (χ0n) is 29.6. The summed E-state index contributed by atoms with van der Waals surface area (Å²) in [5.74, 6) is -8.32. The van der Waals surface area contributed by atoms with Crippen molar-refractivity contribution in [2.24, 2.45) is 29.1 Å². The van der Waals surface area contributed by atoms with Crippen LogP contribution in [-0.2, 0) is 47.7 Å². The summed E-state index contributed by atoms with van der Waals surface area (Å²) in [6.45, 7) is 17.4. The molecule has 49 heavy (non-hydrogen) atoms. The maximum Gasteiger partial charge on any atom is 0.338 e. The monoisotopic (exact) mass is 684 g/mol. The van der Waals surface area contributed by atoms with Crippen molar-refractivity contribution < 1.29 is 57.6 Å². The highest BCUT2D eigenvalue weighted by Gasteiger charge is 2.63. The molecule has 12 heteroatoms. The first-order chi connectivity index (χ1) is 22.7. The second-order valence-corrected chi connectivity index (χ2v) is 13.9. The van der Waals surface area contributed by atoms with Crippen LogP contribution in [0, 0.1) is 29.1 Å². The number of aliphatic hydroxyl groups is 1. The minimum Gasteiger partial charge on any atom is -0.462 e. The van der Waals surface area contributed by atoms with Crippen molar-refractivity contribution in [2.75, 3.05) is 0 Å². The quantitative estimate of drug-likeness (QED) is 0.246. The summed E-state index contributed by atoms with van der Waals surface area (Å²) in [4.78, 5) is 79.2. The number of hydrogen-bond donors (Lipinski definition) is 1. The van der Waals surface area contributed by atoms with Crippen LogP contribution in [0.25, 0.3) is 0 Å². The van der Waals surface area contributed by atoms with Crippen LogP contribution < -0.4 is 0 Å². The Bertz CT molecular complexity index is 1480. The van der Waals surface area contributed by atoms with E-state index in [4.69, 9.17) is 23.7 Å². The van der Waals surface area contributed by atoms with Gasteiger partial charge in [-0.25, -0.2) is 4.79 Å². The molecule has 268 valence electrons. The molecule has 0 saturated heterocycles. The number of Topliss-reactive ketones (excluding diaryl/α,β-unsaturated/α-hetero) is 1. The predicted octanol–water partition coefficient (Wildman–Crippen LogP) is 4.32. The third-order valence-electron chi connectivity index (χ3n) is 9.00. The van der Waals surface area contributed by atoms with Crippen LogP contribution in [0.1, 0.15) is 79.1 Å². The van der Waals surface area contributed by atoms with Crippen LogP contribution in [0.3, 0.4) is 0 Å². The molecule has 0 aromatic heterocycles. The Balaban J connectivity index is 2.46. The van der Waals surface area contributed by atoms with E-state index in [1.807, 2.05) is 0 Å². The summed E-state index contributed by atoms with van der Waals surface area (Å²) >= 11 is 0. The molecular formula is C37H48O12. The summed E-state index contributed by atoms with van der Waals surface area (Å²) in [7, 11) is 0. The molecule has 1 unspecified atom stereocenters. The largest absolute Gasteiger partial charge is 0.462 e. The van der Waals surface area contributed by atoms with Crippen LogP contribution >= 0.6 is 0 Å². The van der Waals surface area contributed by atoms with Crippen molar-refractivity contribution in [3.05, 3.63) is 60.2 Å². The van der Waals surface area contributed by atoms with E-state index in [1.54, 1.807) is 65.8 Å². The van der Waals surface area contributed by atoms with E-state index < -0.39 is 101 Å². The fourth-order valence-electron chi connectivity index (χ4n) is 6.62. The summed E-state index contributed by atoms with van der Waals surface area (Å²) in [6.07, 6.45) is -4.53. The molecule has 9 atom stereocenters. The summed E-state index contributed by atoms with van der Waals surface area (Å²) < 4.78 is 29.4. The van der Waals surface area contributed by atoms with Gasteiger partial charge in [-0.05, 0) is 24.5 Å². The van der Waals surface area contributed by atoms with Crippen LogP contribution in [0.5, 0.6) is 0 Å². The van der Waals surface area contributed by atoms with Gasteiger partial charge in [0, 0.05) is 37.7 Å². The summed E-state index contributed by atoms with van der Waals surface area (Å²) in [5, 5.41) is 12.4. The Labute approximate surface area is 287 Å². The van der Waals surface area contributed by atoms with Crippen LogP contribution in [0.2, 0.25) is 0 Å². The lowest BCUT2D eigenvalue weighted by molar-refractivity contribution is -0.186. The molecule has 3 rings (SSSR count). The molecule has 1 saturated carbocycles. The van der Waals surface area contributed by atoms with Crippen molar-refractivity contribution in [2.45, 2.75) is 105 Å². The average molecular weight is 685 g/mol. The van der Waals surface area contributed by atoms with Gasteiger partial charge in [0.1, 0.15) is 17.8 Å². The van der Waals surface area contributed by atoms with E-state index in [9.17, 15) is 33.9 Å². The lowest BCUT2D eigenvalue weighted by Crippen LogP contribution is -2.58. The van der Waals surface area contributed by atoms with Crippen molar-refractivity contribution >= 4 is 35.6 Å². The third kappa shape index (κ3) is 8.83. The molecule has 2 aliphatic rings. The molecule has 1 fully saturated rings. The maximum atomic E-state index is 14.3. The van der Waals surface area contributed by atoms with E-state index in [2.05, 4.69) is 6.58 Å². The molecule has 0 amide bonds. The molecule has 12 nitrogen and oxygen atoms in total. The number of carbonyl (C=O) groups is 6. The highest BCUT2D eigenvalue weighted by molar-refractivity contribution is 5.92. The van der Waals surface area contributed by atoms with E-state index in [0.29, 0.717) is 0 Å². The normalized spacial score (nSPS) is 31.4.